The largest absolute Gasteiger partial charge is 0.465 e. The summed E-state index contributed by atoms with van der Waals surface area (Å²) in [6.07, 6.45) is -0.735. The summed E-state index contributed by atoms with van der Waals surface area (Å²) in [5.74, 6) is -2.78. The molecule has 2 aliphatic rings. The molecule has 0 radical (unpaired) electrons. The number of benzene rings is 3. The molecule has 1 N–H and O–H groups in total. The maximum Gasteiger partial charge on any atom is 0.337 e. The van der Waals surface area contributed by atoms with Crippen molar-refractivity contribution in [2.45, 2.75) is 19.4 Å². The highest BCUT2D eigenvalue weighted by Crippen LogP contribution is 2.39. The number of fused-ring (bicyclic) bond motifs is 1. The molecule has 0 saturated carbocycles. The number of carbonyl (C=O) groups excluding carboxylic acids is 3. The Morgan fingerprint density at radius 3 is 2.56 bits per heavy atom. The van der Waals surface area contributed by atoms with E-state index in [0.717, 1.165) is 28.1 Å². The Kier molecular flexibility index (Phi) is 4.29. The van der Waals surface area contributed by atoms with E-state index in [1.807, 2.05) is 0 Å². The van der Waals surface area contributed by atoms with E-state index in [4.69, 9.17) is 26.7 Å². The standard InChI is InChI=1S/C33H36N4O4/c1-22-20-37(17-16-35(22)2)21-30(38)36(3)26-13-10-23(11-14-26)18-28(24-8-6-5-7-9-24)31-27-15-12-25(33(40)41-4)19-29(27)34-32(31)39/h5-15,19,22H,16-18,20-21H2,1-4H3,(H,34,39)/b31-28+/i5D,6D,7D,8D,9D,10D,11D,13D,14D,16D2,17D2,20D2,22D. The van der Waals surface area contributed by atoms with Crippen LogP contribution in [0.1, 0.15) is 55.9 Å². The van der Waals surface area contributed by atoms with Gasteiger partial charge in [-0.1, -0.05) is 48.4 Å². The van der Waals surface area contributed by atoms with Crippen LogP contribution < -0.4 is 10.2 Å². The predicted octanol–water partition coefficient (Wildman–Crippen LogP) is 4.18. The molecular formula is C33H36N4O4. The van der Waals surface area contributed by atoms with Crippen LogP contribution in [0.3, 0.4) is 0 Å². The number of methoxy groups -OCH3 is 1. The molecule has 212 valence electrons. The first kappa shape index (κ1) is 14.6. The first-order valence-electron chi connectivity index (χ1n) is 20.3. The highest BCUT2D eigenvalue weighted by atomic mass is 16.5. The second kappa shape index (κ2) is 12.1. The average molecular weight is 569 g/mol. The van der Waals surface area contributed by atoms with Crippen molar-refractivity contribution >= 4 is 40.3 Å². The number of esters is 1. The van der Waals surface area contributed by atoms with Gasteiger partial charge in [0.15, 0.2) is 0 Å². The van der Waals surface area contributed by atoms with Gasteiger partial charge in [-0.15, -0.1) is 0 Å². The zero-order valence-corrected chi connectivity index (χ0v) is 22.6. The highest BCUT2D eigenvalue weighted by molar-refractivity contribution is 6.37. The van der Waals surface area contributed by atoms with Gasteiger partial charge in [0.25, 0.3) is 5.91 Å². The topological polar surface area (TPSA) is 82.2 Å². The van der Waals surface area contributed by atoms with Gasteiger partial charge >= 0.3 is 5.97 Å². The first-order chi connectivity index (χ1) is 26.1. The molecule has 2 amide bonds. The Balaban J connectivity index is 1.67. The molecule has 5 rings (SSSR count). The molecule has 0 bridgehead atoms. The van der Waals surface area contributed by atoms with Crippen LogP contribution >= 0.6 is 0 Å². The molecule has 8 heteroatoms. The Morgan fingerprint density at radius 1 is 1.12 bits per heavy atom. The summed E-state index contributed by atoms with van der Waals surface area (Å²) in [6.45, 7) is -9.40. The summed E-state index contributed by atoms with van der Waals surface area (Å²) in [4.78, 5) is 41.0. The minimum Gasteiger partial charge on any atom is -0.465 e. The first-order valence-corrected chi connectivity index (χ1v) is 12.3. The second-order valence-corrected chi connectivity index (χ2v) is 9.08. The van der Waals surface area contributed by atoms with E-state index in [2.05, 4.69) is 5.32 Å². The van der Waals surface area contributed by atoms with Crippen molar-refractivity contribution < 1.29 is 41.1 Å². The van der Waals surface area contributed by atoms with Gasteiger partial charge in [-0.05, 0) is 61.3 Å². The summed E-state index contributed by atoms with van der Waals surface area (Å²) in [7, 11) is 3.19. The zero-order valence-electron chi connectivity index (χ0n) is 38.6. The lowest BCUT2D eigenvalue weighted by Crippen LogP contribution is -2.52. The van der Waals surface area contributed by atoms with Crippen LogP contribution in [-0.4, -0.2) is 80.8 Å². The van der Waals surface area contributed by atoms with Crippen LogP contribution in [0, 0.1) is 0 Å². The maximum atomic E-state index is 13.7. The number of ether oxygens (including phenoxy) is 1. The predicted molar refractivity (Wildman–Crippen MR) is 162 cm³/mol. The Hall–Kier alpha value is -4.27. The quantitative estimate of drug-likeness (QED) is 0.340. The lowest BCUT2D eigenvalue weighted by Gasteiger charge is -2.37. The fourth-order valence-corrected chi connectivity index (χ4v) is 4.15. The SMILES string of the molecule is [2H]c1c([2H])c([2H])c(/C(Cc2c([2H])c([2H])c(N(C)C(=O)CN3C([2H])([2H])C([2H])([2H])N(C)C([2H])(C)C3([2H])[2H])c([2H])c2[2H])=C2/C(=O)Nc3cc(C(=O)OC)ccc32)c([2H])c1[2H]. The second-order valence-electron chi connectivity index (χ2n) is 9.08. The average Bonchev–Trinajstić information content (AvgIpc) is 3.48. The van der Waals surface area contributed by atoms with Gasteiger partial charge in [0.1, 0.15) is 0 Å². The molecule has 0 aliphatic carbocycles. The van der Waals surface area contributed by atoms with E-state index < -0.39 is 127 Å². The van der Waals surface area contributed by atoms with Gasteiger partial charge in [-0.25, -0.2) is 4.79 Å². The lowest BCUT2D eigenvalue weighted by atomic mass is 9.90. The van der Waals surface area contributed by atoms with E-state index in [9.17, 15) is 14.4 Å². The molecular weight excluding hydrogens is 516 g/mol. The Bertz CT molecular complexity index is 2210. The van der Waals surface area contributed by atoms with Crippen LogP contribution in [0.25, 0.3) is 11.1 Å². The molecule has 2 aliphatic heterocycles. The number of nitrogens with zero attached hydrogens (tertiary/aromatic N) is 3. The molecule has 3 aromatic carbocycles. The van der Waals surface area contributed by atoms with E-state index >= 15 is 0 Å². The van der Waals surface area contributed by atoms with Crippen molar-refractivity contribution in [1.29, 1.82) is 0 Å². The number of nitrogens with one attached hydrogen (secondary N) is 1. The fourth-order valence-electron chi connectivity index (χ4n) is 4.15. The third-order valence-corrected chi connectivity index (χ3v) is 6.46. The van der Waals surface area contributed by atoms with Crippen molar-refractivity contribution in [2.24, 2.45) is 0 Å². The molecule has 2 heterocycles. The van der Waals surface area contributed by atoms with Crippen LogP contribution in [0.5, 0.6) is 0 Å². The highest BCUT2D eigenvalue weighted by Gasteiger charge is 2.29. The van der Waals surface area contributed by atoms with Gasteiger partial charge < -0.3 is 19.9 Å². The summed E-state index contributed by atoms with van der Waals surface area (Å²) in [5.41, 5.74) is -1.87. The van der Waals surface area contributed by atoms with Crippen molar-refractivity contribution in [3.8, 4) is 0 Å². The molecule has 8 nitrogen and oxygen atoms in total. The number of anilines is 2. The van der Waals surface area contributed by atoms with Gasteiger partial charge in [-0.3, -0.25) is 14.5 Å². The van der Waals surface area contributed by atoms with E-state index in [-0.39, 0.29) is 32.9 Å². The number of hydrogen-bond acceptors (Lipinski definition) is 6. The molecule has 1 unspecified atom stereocenters. The summed E-state index contributed by atoms with van der Waals surface area (Å²) < 4.78 is 142. The fraction of sp³-hybridized carbons (Fsp3) is 0.303. The third kappa shape index (κ3) is 6.09. The summed E-state index contributed by atoms with van der Waals surface area (Å²) >= 11 is 0. The molecule has 1 fully saturated rings. The Morgan fingerprint density at radius 2 is 1.85 bits per heavy atom. The lowest BCUT2D eigenvalue weighted by molar-refractivity contribution is -0.120. The number of carbonyl (C=O) groups is 3. The maximum absolute atomic E-state index is 13.7. The van der Waals surface area contributed by atoms with E-state index in [1.165, 1.54) is 18.2 Å². The number of likely N-dealkylation sites (N-methyl/N-ethyl adjacent to an activating group) is 2. The summed E-state index contributed by atoms with van der Waals surface area (Å²) in [5, 5.41) is 2.56. The van der Waals surface area contributed by atoms with E-state index in [1.54, 1.807) is 0 Å². The Labute approximate surface area is 263 Å². The third-order valence-electron chi connectivity index (χ3n) is 6.46. The molecule has 3 aromatic rings. The van der Waals surface area contributed by atoms with Gasteiger partial charge in [-0.2, -0.15) is 0 Å². The summed E-state index contributed by atoms with van der Waals surface area (Å²) in [6, 6.07) is -5.49. The molecule has 1 atom stereocenters. The van der Waals surface area contributed by atoms with Gasteiger partial charge in [0.05, 0.1) is 37.1 Å². The molecule has 0 spiro atoms. The van der Waals surface area contributed by atoms with Gasteiger partial charge in [0.2, 0.25) is 5.91 Å². The normalized spacial score (nSPS) is 29.5. The minimum atomic E-state index is -3.21. The van der Waals surface area contributed by atoms with Crippen LogP contribution in [0.2, 0.25) is 0 Å². The number of hydrogen-bond donors (Lipinski definition) is 1. The number of piperazine rings is 1. The molecule has 0 aromatic heterocycles. The molecule has 41 heavy (non-hydrogen) atoms. The minimum absolute atomic E-state index is 0.0447. The number of rotatable bonds is 7. The van der Waals surface area contributed by atoms with Crippen LogP contribution in [0.15, 0.2) is 72.6 Å². The smallest absolute Gasteiger partial charge is 0.337 e. The van der Waals surface area contributed by atoms with E-state index in [0.29, 0.717) is 9.80 Å². The van der Waals surface area contributed by atoms with Crippen molar-refractivity contribution in [2.75, 3.05) is 57.5 Å². The van der Waals surface area contributed by atoms with Crippen LogP contribution in [0.4, 0.5) is 11.4 Å². The van der Waals surface area contributed by atoms with Crippen molar-refractivity contribution in [1.82, 2.24) is 9.80 Å². The number of allylic oxidation sites excluding steroid dienone is 1. The van der Waals surface area contributed by atoms with Crippen LogP contribution in [-0.2, 0) is 20.7 Å². The van der Waals surface area contributed by atoms with Crippen molar-refractivity contribution in [3.63, 3.8) is 0 Å². The van der Waals surface area contributed by atoms with Crippen molar-refractivity contribution in [3.05, 3.63) is 94.8 Å². The number of amides is 2. The van der Waals surface area contributed by atoms with Gasteiger partial charge in [0, 0.05) is 59.1 Å². The monoisotopic (exact) mass is 568 g/mol. The zero-order chi connectivity index (χ0) is 43.2. The molecule has 1 saturated heterocycles.